The van der Waals surface area contributed by atoms with Gasteiger partial charge in [-0.2, -0.15) is 0 Å². The van der Waals surface area contributed by atoms with Crippen LogP contribution in [0.25, 0.3) is 0 Å². The SMILES string of the molecule is Cc1ncccc1C(=O)Nc1cc(S(N)(=O)=O)ccc1F. The highest BCUT2D eigenvalue weighted by molar-refractivity contribution is 7.89. The number of hydrogen-bond donors (Lipinski definition) is 2. The molecule has 0 saturated carbocycles. The molecule has 1 aromatic heterocycles. The molecule has 2 aromatic rings. The Bertz CT molecular complexity index is 806. The topological polar surface area (TPSA) is 102 Å². The Hall–Kier alpha value is -2.32. The van der Waals surface area contributed by atoms with Gasteiger partial charge in [-0.3, -0.25) is 9.78 Å². The number of hydrogen-bond acceptors (Lipinski definition) is 4. The number of nitrogens with two attached hydrogens (primary N) is 1. The lowest BCUT2D eigenvalue weighted by Gasteiger charge is -2.09. The van der Waals surface area contributed by atoms with Gasteiger partial charge in [0.05, 0.1) is 16.1 Å². The van der Waals surface area contributed by atoms with Gasteiger partial charge in [0.25, 0.3) is 5.91 Å². The molecule has 8 heteroatoms. The third kappa shape index (κ3) is 3.41. The van der Waals surface area contributed by atoms with E-state index in [9.17, 15) is 17.6 Å². The average molecular weight is 309 g/mol. The Balaban J connectivity index is 2.36. The summed E-state index contributed by atoms with van der Waals surface area (Å²) in [5.74, 6) is -1.36. The molecule has 110 valence electrons. The van der Waals surface area contributed by atoms with Crippen molar-refractivity contribution in [2.75, 3.05) is 5.32 Å². The van der Waals surface area contributed by atoms with E-state index < -0.39 is 21.7 Å². The molecule has 0 spiro atoms. The van der Waals surface area contributed by atoms with Gasteiger partial charge < -0.3 is 5.32 Å². The zero-order valence-electron chi connectivity index (χ0n) is 11.0. The zero-order chi connectivity index (χ0) is 15.6. The third-order valence-electron chi connectivity index (χ3n) is 2.77. The van der Waals surface area contributed by atoms with E-state index in [0.717, 1.165) is 18.2 Å². The van der Waals surface area contributed by atoms with Crippen molar-refractivity contribution in [2.24, 2.45) is 5.14 Å². The summed E-state index contributed by atoms with van der Waals surface area (Å²) in [6.45, 7) is 1.63. The second-order valence-electron chi connectivity index (χ2n) is 4.28. The number of aromatic nitrogens is 1. The monoisotopic (exact) mass is 309 g/mol. The number of aryl methyl sites for hydroxylation is 1. The van der Waals surface area contributed by atoms with Gasteiger partial charge in [0, 0.05) is 11.9 Å². The van der Waals surface area contributed by atoms with Gasteiger partial charge in [-0.25, -0.2) is 17.9 Å². The molecule has 21 heavy (non-hydrogen) atoms. The van der Waals surface area contributed by atoms with Gasteiger partial charge in [0.15, 0.2) is 0 Å². The smallest absolute Gasteiger partial charge is 0.257 e. The first-order valence-corrected chi connectivity index (χ1v) is 7.39. The van der Waals surface area contributed by atoms with Crippen LogP contribution in [0.1, 0.15) is 16.1 Å². The lowest BCUT2D eigenvalue weighted by Crippen LogP contribution is -2.17. The van der Waals surface area contributed by atoms with Crippen LogP contribution in [0.4, 0.5) is 10.1 Å². The number of benzene rings is 1. The van der Waals surface area contributed by atoms with Crippen molar-refractivity contribution >= 4 is 21.6 Å². The molecular weight excluding hydrogens is 297 g/mol. The minimum Gasteiger partial charge on any atom is -0.319 e. The summed E-state index contributed by atoms with van der Waals surface area (Å²) >= 11 is 0. The molecule has 3 N–H and O–H groups in total. The number of sulfonamides is 1. The second-order valence-corrected chi connectivity index (χ2v) is 5.84. The predicted molar refractivity (Wildman–Crippen MR) is 74.7 cm³/mol. The van der Waals surface area contributed by atoms with Crippen LogP contribution in [0.15, 0.2) is 41.4 Å². The normalized spacial score (nSPS) is 11.2. The molecular formula is C13H12FN3O3S. The maximum absolute atomic E-state index is 13.7. The molecule has 0 unspecified atom stereocenters. The molecule has 0 fully saturated rings. The van der Waals surface area contributed by atoms with Crippen molar-refractivity contribution < 1.29 is 17.6 Å². The number of nitrogens with one attached hydrogen (secondary N) is 1. The highest BCUT2D eigenvalue weighted by atomic mass is 32.2. The number of rotatable bonds is 3. The van der Waals surface area contributed by atoms with Crippen molar-refractivity contribution in [2.45, 2.75) is 11.8 Å². The Morgan fingerprint density at radius 1 is 1.33 bits per heavy atom. The first kappa shape index (κ1) is 15.1. The van der Waals surface area contributed by atoms with Crippen LogP contribution >= 0.6 is 0 Å². The van der Waals surface area contributed by atoms with E-state index >= 15 is 0 Å². The van der Waals surface area contributed by atoms with E-state index in [1.165, 1.54) is 12.3 Å². The first-order valence-electron chi connectivity index (χ1n) is 5.84. The van der Waals surface area contributed by atoms with Crippen molar-refractivity contribution in [3.8, 4) is 0 Å². The van der Waals surface area contributed by atoms with E-state index in [4.69, 9.17) is 5.14 Å². The minimum atomic E-state index is -3.98. The third-order valence-corrected chi connectivity index (χ3v) is 3.68. The highest BCUT2D eigenvalue weighted by Gasteiger charge is 2.15. The van der Waals surface area contributed by atoms with E-state index in [2.05, 4.69) is 10.3 Å². The summed E-state index contributed by atoms with van der Waals surface area (Å²) in [6, 6.07) is 6.01. The minimum absolute atomic E-state index is 0.262. The van der Waals surface area contributed by atoms with Crippen LogP contribution < -0.4 is 10.5 Å². The van der Waals surface area contributed by atoms with E-state index in [0.29, 0.717) is 5.69 Å². The molecule has 0 bridgehead atoms. The van der Waals surface area contributed by atoms with E-state index in [1.54, 1.807) is 13.0 Å². The lowest BCUT2D eigenvalue weighted by molar-refractivity contribution is 0.102. The van der Waals surface area contributed by atoms with Crippen molar-refractivity contribution in [3.63, 3.8) is 0 Å². The van der Waals surface area contributed by atoms with Gasteiger partial charge in [-0.15, -0.1) is 0 Å². The number of halogens is 1. The summed E-state index contributed by atoms with van der Waals surface area (Å²) in [5, 5.41) is 7.27. The van der Waals surface area contributed by atoms with Gasteiger partial charge in [-0.05, 0) is 37.3 Å². The van der Waals surface area contributed by atoms with Gasteiger partial charge >= 0.3 is 0 Å². The fourth-order valence-electron chi connectivity index (χ4n) is 1.69. The molecule has 2 rings (SSSR count). The fraction of sp³-hybridized carbons (Fsp3) is 0.0769. The standard InChI is InChI=1S/C13H12FN3O3S/c1-8-10(3-2-6-16-8)13(18)17-12-7-9(21(15,19)20)4-5-11(12)14/h2-7H,1H3,(H,17,18)(H2,15,19,20). The molecule has 1 aromatic carbocycles. The molecule has 6 nitrogen and oxygen atoms in total. The molecule has 0 atom stereocenters. The Morgan fingerprint density at radius 2 is 2.05 bits per heavy atom. The van der Waals surface area contributed by atoms with Crippen LogP contribution in [-0.2, 0) is 10.0 Å². The summed E-state index contributed by atoms with van der Waals surface area (Å²) in [5.41, 5.74) is 0.464. The number of nitrogens with zero attached hydrogens (tertiary/aromatic N) is 1. The number of anilines is 1. The largest absolute Gasteiger partial charge is 0.319 e. The summed E-state index contributed by atoms with van der Waals surface area (Å²) in [7, 11) is -3.98. The van der Waals surface area contributed by atoms with Crippen LogP contribution in [0.2, 0.25) is 0 Å². The molecule has 0 saturated heterocycles. The van der Waals surface area contributed by atoms with E-state index in [1.807, 2.05) is 0 Å². The lowest BCUT2D eigenvalue weighted by atomic mass is 10.2. The molecule has 0 aliphatic carbocycles. The number of amides is 1. The van der Waals surface area contributed by atoms with Crippen molar-refractivity contribution in [1.82, 2.24) is 4.98 Å². The van der Waals surface area contributed by atoms with Crippen molar-refractivity contribution in [3.05, 3.63) is 53.6 Å². The zero-order valence-corrected chi connectivity index (χ0v) is 11.8. The van der Waals surface area contributed by atoms with Crippen LogP contribution in [0.3, 0.4) is 0 Å². The Labute approximate surface area is 120 Å². The molecule has 0 aliphatic heterocycles. The first-order chi connectivity index (χ1) is 9.79. The Morgan fingerprint density at radius 3 is 2.67 bits per heavy atom. The molecule has 0 radical (unpaired) electrons. The second kappa shape index (κ2) is 5.58. The van der Waals surface area contributed by atoms with Crippen molar-refractivity contribution in [1.29, 1.82) is 0 Å². The van der Waals surface area contributed by atoms with Gasteiger partial charge in [0.1, 0.15) is 5.82 Å². The number of primary sulfonamides is 1. The maximum atomic E-state index is 13.7. The molecule has 1 heterocycles. The van der Waals surface area contributed by atoms with Crippen LogP contribution in [0.5, 0.6) is 0 Å². The summed E-state index contributed by atoms with van der Waals surface area (Å²) in [4.78, 5) is 15.7. The van der Waals surface area contributed by atoms with Crippen LogP contribution in [-0.4, -0.2) is 19.3 Å². The Kier molecular flexibility index (Phi) is 4.01. The predicted octanol–water partition coefficient (Wildman–Crippen LogP) is 1.43. The molecule has 0 aliphatic rings. The average Bonchev–Trinajstić information content (AvgIpc) is 2.40. The van der Waals surface area contributed by atoms with Gasteiger partial charge in [0.2, 0.25) is 10.0 Å². The fourth-order valence-corrected chi connectivity index (χ4v) is 2.23. The quantitative estimate of drug-likeness (QED) is 0.895. The summed E-state index contributed by atoms with van der Waals surface area (Å²) < 4.78 is 36.1. The summed E-state index contributed by atoms with van der Waals surface area (Å²) in [6.07, 6.45) is 1.52. The number of carbonyl (C=O) groups excluding carboxylic acids is 1. The van der Waals surface area contributed by atoms with Crippen LogP contribution in [0, 0.1) is 12.7 Å². The highest BCUT2D eigenvalue weighted by Crippen LogP contribution is 2.20. The maximum Gasteiger partial charge on any atom is 0.257 e. The number of pyridine rings is 1. The van der Waals surface area contributed by atoms with Gasteiger partial charge in [-0.1, -0.05) is 0 Å². The molecule has 1 amide bonds. The number of carbonyl (C=O) groups is 1. The van der Waals surface area contributed by atoms with E-state index in [-0.39, 0.29) is 16.1 Å².